The Morgan fingerprint density at radius 2 is 1.81 bits per heavy atom. The first kappa shape index (κ1) is 22.4. The SMILES string of the molecule is CCOc1cc(C=NNc2ccccc2)cc(Br)c1OCC(=O)Nc1ccccc1C. The van der Waals surface area contributed by atoms with E-state index in [0.717, 1.165) is 22.5 Å². The number of aryl methyl sites for hydroxylation is 1. The minimum absolute atomic E-state index is 0.143. The van der Waals surface area contributed by atoms with Gasteiger partial charge in [-0.25, -0.2) is 0 Å². The third kappa shape index (κ3) is 6.58. The molecule has 31 heavy (non-hydrogen) atoms. The number of benzene rings is 3. The van der Waals surface area contributed by atoms with Crippen molar-refractivity contribution in [3.8, 4) is 11.5 Å². The van der Waals surface area contributed by atoms with Gasteiger partial charge in [-0.1, -0.05) is 36.4 Å². The molecule has 0 radical (unpaired) electrons. The smallest absolute Gasteiger partial charge is 0.262 e. The molecule has 0 saturated carbocycles. The number of nitrogens with zero attached hydrogens (tertiary/aromatic N) is 1. The largest absolute Gasteiger partial charge is 0.490 e. The summed E-state index contributed by atoms with van der Waals surface area (Å²) >= 11 is 3.51. The van der Waals surface area contributed by atoms with E-state index in [1.54, 1.807) is 6.21 Å². The lowest BCUT2D eigenvalue weighted by molar-refractivity contribution is -0.118. The molecule has 0 aliphatic heterocycles. The normalized spacial score (nSPS) is 10.7. The van der Waals surface area contributed by atoms with Gasteiger partial charge in [0, 0.05) is 5.69 Å². The second kappa shape index (κ2) is 11.2. The molecule has 0 fully saturated rings. The molecule has 3 aromatic carbocycles. The highest BCUT2D eigenvalue weighted by atomic mass is 79.9. The van der Waals surface area contributed by atoms with Crippen LogP contribution in [0, 0.1) is 6.92 Å². The molecule has 2 N–H and O–H groups in total. The van der Waals surface area contributed by atoms with Crippen LogP contribution in [0.4, 0.5) is 11.4 Å². The van der Waals surface area contributed by atoms with Crippen LogP contribution in [0.3, 0.4) is 0 Å². The fourth-order valence-electron chi connectivity index (χ4n) is 2.80. The van der Waals surface area contributed by atoms with Crippen molar-refractivity contribution < 1.29 is 14.3 Å². The van der Waals surface area contributed by atoms with Gasteiger partial charge >= 0.3 is 0 Å². The van der Waals surface area contributed by atoms with Crippen LogP contribution in [-0.2, 0) is 4.79 Å². The lowest BCUT2D eigenvalue weighted by Gasteiger charge is -2.15. The van der Waals surface area contributed by atoms with Crippen LogP contribution in [0.15, 0.2) is 76.3 Å². The average molecular weight is 482 g/mol. The van der Waals surface area contributed by atoms with Gasteiger partial charge < -0.3 is 14.8 Å². The van der Waals surface area contributed by atoms with Crippen LogP contribution in [0.25, 0.3) is 0 Å². The number of hydrazone groups is 1. The molecule has 7 heteroatoms. The molecule has 0 unspecified atom stereocenters. The summed E-state index contributed by atoms with van der Waals surface area (Å²) in [5, 5.41) is 7.11. The van der Waals surface area contributed by atoms with Crippen molar-refractivity contribution in [3.05, 3.63) is 82.3 Å². The van der Waals surface area contributed by atoms with Crippen LogP contribution in [0.5, 0.6) is 11.5 Å². The van der Waals surface area contributed by atoms with E-state index in [9.17, 15) is 4.79 Å². The summed E-state index contributed by atoms with van der Waals surface area (Å²) in [5.74, 6) is 0.748. The Balaban J connectivity index is 1.68. The van der Waals surface area contributed by atoms with E-state index < -0.39 is 0 Å². The summed E-state index contributed by atoms with van der Waals surface area (Å²) in [6, 6.07) is 20.9. The predicted octanol–water partition coefficient (Wildman–Crippen LogP) is 5.62. The number of carbonyl (C=O) groups excluding carboxylic acids is 1. The molecule has 0 spiro atoms. The van der Waals surface area contributed by atoms with Crippen molar-refractivity contribution in [2.24, 2.45) is 5.10 Å². The van der Waals surface area contributed by atoms with Gasteiger partial charge in [0.2, 0.25) is 0 Å². The van der Waals surface area contributed by atoms with Crippen molar-refractivity contribution in [1.29, 1.82) is 0 Å². The number of para-hydroxylation sites is 2. The summed E-state index contributed by atoms with van der Waals surface area (Å²) in [6.45, 7) is 4.14. The Bertz CT molecular complexity index is 1060. The zero-order valence-electron chi connectivity index (χ0n) is 17.4. The van der Waals surface area contributed by atoms with Crippen molar-refractivity contribution in [2.45, 2.75) is 13.8 Å². The van der Waals surface area contributed by atoms with E-state index in [0.29, 0.717) is 22.6 Å². The van der Waals surface area contributed by atoms with Crippen molar-refractivity contribution >= 4 is 39.4 Å². The molecule has 3 rings (SSSR count). The lowest BCUT2D eigenvalue weighted by Crippen LogP contribution is -2.21. The molecule has 3 aromatic rings. The fourth-order valence-corrected chi connectivity index (χ4v) is 3.37. The minimum atomic E-state index is -0.249. The molecule has 0 bridgehead atoms. The van der Waals surface area contributed by atoms with Crippen molar-refractivity contribution in [1.82, 2.24) is 0 Å². The maximum atomic E-state index is 12.3. The van der Waals surface area contributed by atoms with Gasteiger partial charge in [-0.05, 0) is 71.2 Å². The molecular weight excluding hydrogens is 458 g/mol. The molecule has 0 atom stereocenters. The third-order valence-corrected chi connectivity index (χ3v) is 4.87. The molecule has 0 aliphatic rings. The monoisotopic (exact) mass is 481 g/mol. The van der Waals surface area contributed by atoms with E-state index >= 15 is 0 Å². The maximum absolute atomic E-state index is 12.3. The number of ether oxygens (including phenoxy) is 2. The van der Waals surface area contributed by atoms with E-state index in [1.807, 2.05) is 80.6 Å². The van der Waals surface area contributed by atoms with E-state index in [4.69, 9.17) is 9.47 Å². The van der Waals surface area contributed by atoms with Gasteiger partial charge in [0.15, 0.2) is 18.1 Å². The zero-order valence-corrected chi connectivity index (χ0v) is 19.0. The van der Waals surface area contributed by atoms with Crippen LogP contribution in [0.2, 0.25) is 0 Å². The van der Waals surface area contributed by atoms with Crippen LogP contribution in [-0.4, -0.2) is 25.3 Å². The number of nitrogens with one attached hydrogen (secondary N) is 2. The van der Waals surface area contributed by atoms with Gasteiger partial charge in [-0.2, -0.15) is 5.10 Å². The molecule has 6 nitrogen and oxygen atoms in total. The fraction of sp³-hybridized carbons (Fsp3) is 0.167. The van der Waals surface area contributed by atoms with Crippen molar-refractivity contribution in [3.63, 3.8) is 0 Å². The minimum Gasteiger partial charge on any atom is -0.490 e. The Morgan fingerprint density at radius 3 is 2.55 bits per heavy atom. The summed E-state index contributed by atoms with van der Waals surface area (Å²) in [4.78, 5) is 12.3. The highest BCUT2D eigenvalue weighted by Gasteiger charge is 2.14. The van der Waals surface area contributed by atoms with Crippen LogP contribution < -0.4 is 20.2 Å². The molecular formula is C24H24BrN3O3. The van der Waals surface area contributed by atoms with Gasteiger partial charge in [-0.15, -0.1) is 0 Å². The summed E-state index contributed by atoms with van der Waals surface area (Å²) in [6.07, 6.45) is 1.69. The quantitative estimate of drug-likeness (QED) is 0.307. The highest BCUT2D eigenvalue weighted by molar-refractivity contribution is 9.10. The van der Waals surface area contributed by atoms with Gasteiger partial charge in [0.1, 0.15) is 0 Å². The number of hydrogen-bond donors (Lipinski definition) is 2. The second-order valence-corrected chi connectivity index (χ2v) is 7.51. The summed E-state index contributed by atoms with van der Waals surface area (Å²) in [7, 11) is 0. The molecule has 1 amide bonds. The number of rotatable bonds is 9. The van der Waals surface area contributed by atoms with Gasteiger partial charge in [-0.3, -0.25) is 10.2 Å². The predicted molar refractivity (Wildman–Crippen MR) is 128 cm³/mol. The first-order chi connectivity index (χ1) is 15.1. The number of hydrogen-bond acceptors (Lipinski definition) is 5. The Kier molecular flexibility index (Phi) is 8.06. The number of anilines is 2. The Hall–Kier alpha value is -3.32. The van der Waals surface area contributed by atoms with Crippen molar-refractivity contribution in [2.75, 3.05) is 24.0 Å². The van der Waals surface area contributed by atoms with Gasteiger partial charge in [0.25, 0.3) is 5.91 Å². The molecule has 0 aromatic heterocycles. The topological polar surface area (TPSA) is 71.9 Å². The Morgan fingerprint density at radius 1 is 1.06 bits per heavy atom. The molecule has 160 valence electrons. The molecule has 0 heterocycles. The lowest BCUT2D eigenvalue weighted by atomic mass is 10.2. The summed E-state index contributed by atoms with van der Waals surface area (Å²) < 4.78 is 12.2. The maximum Gasteiger partial charge on any atom is 0.262 e. The Labute approximate surface area is 190 Å². The van der Waals surface area contributed by atoms with E-state index in [2.05, 4.69) is 31.8 Å². The molecule has 0 saturated heterocycles. The van der Waals surface area contributed by atoms with Crippen LogP contribution in [0.1, 0.15) is 18.1 Å². The third-order valence-electron chi connectivity index (χ3n) is 4.28. The summed E-state index contributed by atoms with van der Waals surface area (Å²) in [5.41, 5.74) is 6.43. The van der Waals surface area contributed by atoms with Crippen LogP contribution >= 0.6 is 15.9 Å². The van der Waals surface area contributed by atoms with E-state index in [-0.39, 0.29) is 12.5 Å². The number of halogens is 1. The zero-order chi connectivity index (χ0) is 22.1. The first-order valence-electron chi connectivity index (χ1n) is 9.85. The van der Waals surface area contributed by atoms with Gasteiger partial charge in [0.05, 0.1) is 23.0 Å². The number of carbonyl (C=O) groups is 1. The highest BCUT2D eigenvalue weighted by Crippen LogP contribution is 2.36. The average Bonchev–Trinajstić information content (AvgIpc) is 2.76. The first-order valence-corrected chi connectivity index (χ1v) is 10.6. The standard InChI is InChI=1S/C24H24BrN3O3/c1-3-30-22-14-18(15-26-28-19-10-5-4-6-11-19)13-20(25)24(22)31-16-23(29)27-21-12-8-7-9-17(21)2/h4-15,28H,3,16H2,1-2H3,(H,27,29). The molecule has 0 aliphatic carbocycles. The number of amides is 1. The second-order valence-electron chi connectivity index (χ2n) is 6.65. The van der Waals surface area contributed by atoms with E-state index in [1.165, 1.54) is 0 Å².